The van der Waals surface area contributed by atoms with Crippen molar-refractivity contribution in [2.45, 2.75) is 38.5 Å². The largest absolute Gasteiger partial charge is 0.497 e. The summed E-state index contributed by atoms with van der Waals surface area (Å²) in [4.78, 5) is 27.3. The van der Waals surface area contributed by atoms with E-state index in [0.717, 1.165) is 74.1 Å². The molecule has 7 heteroatoms. The first-order valence-electron chi connectivity index (χ1n) is 11.8. The summed E-state index contributed by atoms with van der Waals surface area (Å²) < 4.78 is 5.38. The first-order chi connectivity index (χ1) is 16.1. The van der Waals surface area contributed by atoms with Crippen molar-refractivity contribution in [3.63, 3.8) is 0 Å². The molecule has 1 aliphatic rings. The number of nitrogens with zero attached hydrogens (tertiary/aromatic N) is 4. The monoisotopic (exact) mass is 448 g/mol. The van der Waals surface area contributed by atoms with Gasteiger partial charge in [0.25, 0.3) is 0 Å². The number of rotatable bonds is 10. The third kappa shape index (κ3) is 6.05. The van der Waals surface area contributed by atoms with Gasteiger partial charge in [0.15, 0.2) is 0 Å². The van der Waals surface area contributed by atoms with Crippen LogP contribution in [-0.4, -0.2) is 57.7 Å². The third-order valence-electron chi connectivity index (χ3n) is 6.71. The Bertz CT molecular complexity index is 1060. The van der Waals surface area contributed by atoms with Crippen LogP contribution in [0.15, 0.2) is 48.9 Å². The van der Waals surface area contributed by atoms with Crippen molar-refractivity contribution in [1.82, 2.24) is 19.9 Å². The van der Waals surface area contributed by atoms with Crippen molar-refractivity contribution >= 4 is 16.9 Å². The van der Waals surface area contributed by atoms with Crippen molar-refractivity contribution in [1.29, 1.82) is 0 Å². The summed E-state index contributed by atoms with van der Waals surface area (Å²) >= 11 is 0. The molecule has 7 nitrogen and oxygen atoms in total. The van der Waals surface area contributed by atoms with E-state index in [4.69, 9.17) is 4.74 Å². The van der Waals surface area contributed by atoms with Crippen LogP contribution in [0.25, 0.3) is 10.9 Å². The fourth-order valence-electron chi connectivity index (χ4n) is 4.90. The highest BCUT2D eigenvalue weighted by atomic mass is 16.5. The Morgan fingerprint density at radius 2 is 1.97 bits per heavy atom. The summed E-state index contributed by atoms with van der Waals surface area (Å²) in [6, 6.07) is 9.83. The average Bonchev–Trinajstić information content (AvgIpc) is 2.85. The molecule has 0 saturated carbocycles. The van der Waals surface area contributed by atoms with Gasteiger partial charge in [0, 0.05) is 36.9 Å². The van der Waals surface area contributed by atoms with E-state index in [1.165, 1.54) is 5.56 Å². The van der Waals surface area contributed by atoms with Crippen LogP contribution in [0.3, 0.4) is 0 Å². The first kappa shape index (κ1) is 23.1. The number of carboxylic acids is 1. The van der Waals surface area contributed by atoms with E-state index in [0.29, 0.717) is 6.54 Å². The highest BCUT2D eigenvalue weighted by Gasteiger charge is 2.33. The Hall–Kier alpha value is -3.06. The Morgan fingerprint density at radius 1 is 1.12 bits per heavy atom. The van der Waals surface area contributed by atoms with Gasteiger partial charge < -0.3 is 14.7 Å². The molecule has 174 valence electrons. The predicted molar refractivity (Wildman–Crippen MR) is 127 cm³/mol. The molecule has 1 aliphatic heterocycles. The quantitative estimate of drug-likeness (QED) is 0.501. The van der Waals surface area contributed by atoms with Gasteiger partial charge in [-0.05, 0) is 87.0 Å². The number of likely N-dealkylation sites (tertiary alicyclic amines) is 1. The van der Waals surface area contributed by atoms with Crippen LogP contribution in [-0.2, 0) is 17.6 Å². The van der Waals surface area contributed by atoms with Crippen molar-refractivity contribution in [3.05, 3.63) is 60.3 Å². The zero-order chi connectivity index (χ0) is 23.0. The molecular formula is C26H32N4O3. The van der Waals surface area contributed by atoms with Crippen LogP contribution in [0.1, 0.15) is 37.1 Å². The lowest BCUT2D eigenvalue weighted by Crippen LogP contribution is -2.44. The lowest BCUT2D eigenvalue weighted by molar-refractivity contribution is -0.146. The molecule has 0 amide bonds. The van der Waals surface area contributed by atoms with Gasteiger partial charge in [0.05, 0.1) is 18.5 Å². The highest BCUT2D eigenvalue weighted by Crippen LogP contribution is 2.30. The molecule has 1 aromatic carbocycles. The number of benzene rings is 1. The van der Waals surface area contributed by atoms with Gasteiger partial charge in [0.2, 0.25) is 0 Å². The fraction of sp³-hybridized carbons (Fsp3) is 0.462. The molecule has 33 heavy (non-hydrogen) atoms. The molecule has 1 saturated heterocycles. The number of carbonyl (C=O) groups is 1. The molecule has 0 spiro atoms. The van der Waals surface area contributed by atoms with Gasteiger partial charge >= 0.3 is 5.97 Å². The second-order valence-electron chi connectivity index (χ2n) is 8.81. The molecule has 2 atom stereocenters. The van der Waals surface area contributed by atoms with E-state index >= 15 is 0 Å². The molecule has 4 rings (SSSR count). The number of aliphatic carboxylic acids is 1. The third-order valence-corrected chi connectivity index (χ3v) is 6.71. The van der Waals surface area contributed by atoms with Crippen molar-refractivity contribution in [2.24, 2.45) is 11.8 Å². The maximum absolute atomic E-state index is 12.0. The van der Waals surface area contributed by atoms with Crippen LogP contribution >= 0.6 is 0 Å². The second-order valence-corrected chi connectivity index (χ2v) is 8.81. The van der Waals surface area contributed by atoms with Gasteiger partial charge in [-0.2, -0.15) is 0 Å². The summed E-state index contributed by atoms with van der Waals surface area (Å²) in [6.07, 6.45) is 10.9. The maximum Gasteiger partial charge on any atom is 0.308 e. The Labute approximate surface area is 194 Å². The number of carboxylic acid groups (broad SMARTS) is 1. The molecule has 2 aromatic heterocycles. The minimum Gasteiger partial charge on any atom is -0.497 e. The van der Waals surface area contributed by atoms with Gasteiger partial charge in [-0.3, -0.25) is 9.78 Å². The minimum atomic E-state index is -0.671. The number of aryl methyl sites for hydroxylation is 2. The van der Waals surface area contributed by atoms with Gasteiger partial charge in [0.1, 0.15) is 11.6 Å². The van der Waals surface area contributed by atoms with E-state index < -0.39 is 5.97 Å². The first-order valence-corrected chi connectivity index (χ1v) is 11.8. The molecule has 3 aromatic rings. The lowest BCUT2D eigenvalue weighted by atomic mass is 9.81. The molecule has 1 N–H and O–H groups in total. The molecule has 0 aliphatic carbocycles. The number of methoxy groups -OCH3 is 1. The van der Waals surface area contributed by atoms with Gasteiger partial charge in [-0.1, -0.05) is 0 Å². The van der Waals surface area contributed by atoms with Crippen LogP contribution in [0, 0.1) is 11.8 Å². The van der Waals surface area contributed by atoms with E-state index in [1.54, 1.807) is 19.5 Å². The zero-order valence-electron chi connectivity index (χ0n) is 19.2. The molecule has 1 fully saturated rings. The number of hydrogen-bond donors (Lipinski definition) is 1. The molecular weight excluding hydrogens is 416 g/mol. The number of hydrogen-bond acceptors (Lipinski definition) is 6. The standard InChI is InChI=1S/C26H32N4O3/c1-33-21-8-9-24-22(17-21)19(10-14-27-24)5-2-6-20-11-16-30(18-23(20)26(31)32)15-3-7-25-28-12-4-13-29-25/h4,8-10,12-14,17,20,23H,2-3,5-7,11,15-16,18H2,1H3,(H,31,32)/t20-,23+/m1/s1. The SMILES string of the molecule is COc1ccc2nccc(CCC[C@@H]3CCN(CCCc4ncccn4)C[C@@H]3C(=O)O)c2c1. The fourth-order valence-corrected chi connectivity index (χ4v) is 4.90. The molecule has 3 heterocycles. The van der Waals surface area contributed by atoms with E-state index in [9.17, 15) is 9.90 Å². The number of fused-ring (bicyclic) bond motifs is 1. The van der Waals surface area contributed by atoms with Gasteiger partial charge in [-0.25, -0.2) is 9.97 Å². The van der Waals surface area contributed by atoms with Gasteiger partial charge in [-0.15, -0.1) is 0 Å². The van der Waals surface area contributed by atoms with E-state index in [-0.39, 0.29) is 11.8 Å². The summed E-state index contributed by atoms with van der Waals surface area (Å²) in [6.45, 7) is 2.48. The summed E-state index contributed by atoms with van der Waals surface area (Å²) in [5.41, 5.74) is 2.21. The predicted octanol–water partition coefficient (Wildman–Crippen LogP) is 4.01. The smallest absolute Gasteiger partial charge is 0.308 e. The summed E-state index contributed by atoms with van der Waals surface area (Å²) in [5.74, 6) is 0.923. The summed E-state index contributed by atoms with van der Waals surface area (Å²) in [5, 5.41) is 11.0. The molecule has 0 unspecified atom stereocenters. The molecule has 0 bridgehead atoms. The Balaban J connectivity index is 1.29. The summed E-state index contributed by atoms with van der Waals surface area (Å²) in [7, 11) is 1.67. The van der Waals surface area contributed by atoms with Crippen LogP contribution in [0.4, 0.5) is 0 Å². The van der Waals surface area contributed by atoms with Crippen molar-refractivity contribution < 1.29 is 14.6 Å². The lowest BCUT2D eigenvalue weighted by Gasteiger charge is -2.36. The normalized spacial score (nSPS) is 18.9. The van der Waals surface area contributed by atoms with E-state index in [2.05, 4.69) is 25.9 Å². The number of piperidine rings is 1. The number of pyridine rings is 1. The molecule has 0 radical (unpaired) electrons. The topological polar surface area (TPSA) is 88.4 Å². The highest BCUT2D eigenvalue weighted by molar-refractivity contribution is 5.83. The van der Waals surface area contributed by atoms with Crippen LogP contribution in [0.5, 0.6) is 5.75 Å². The number of aromatic nitrogens is 3. The average molecular weight is 449 g/mol. The Morgan fingerprint density at radius 3 is 2.76 bits per heavy atom. The second kappa shape index (κ2) is 11.2. The van der Waals surface area contributed by atoms with Crippen LogP contribution < -0.4 is 4.74 Å². The van der Waals surface area contributed by atoms with Crippen molar-refractivity contribution in [3.8, 4) is 5.75 Å². The van der Waals surface area contributed by atoms with Crippen LogP contribution in [0.2, 0.25) is 0 Å². The minimum absolute atomic E-state index is 0.221. The zero-order valence-corrected chi connectivity index (χ0v) is 19.2. The number of ether oxygens (including phenoxy) is 1. The van der Waals surface area contributed by atoms with E-state index in [1.807, 2.05) is 30.5 Å². The van der Waals surface area contributed by atoms with Crippen molar-refractivity contribution in [2.75, 3.05) is 26.7 Å². The maximum atomic E-state index is 12.0. The Kier molecular flexibility index (Phi) is 7.83.